The number of hydrogen-bond acceptors (Lipinski definition) is 5. The van der Waals surface area contributed by atoms with Crippen molar-refractivity contribution in [1.29, 1.82) is 0 Å². The van der Waals surface area contributed by atoms with Gasteiger partial charge in [-0.15, -0.1) is 0 Å². The standard InChI is InChI=1S/C8H10O.C7H10.C5H12O4/c9-5-8-4-6-1-2-7(8)3-6;1-2-7-4-3-6(1)5-7;6-1-2-8-3-4-9-5-7/h1-2,5-8H,3-4H2;1-2,6-7H,3-5H2;6-7H,1-5H2. The lowest BCUT2D eigenvalue weighted by atomic mass is 9.95. The number of ether oxygens (including phenoxy) is 2. The molecule has 2 saturated carbocycles. The minimum Gasteiger partial charge on any atom is -0.394 e. The topological polar surface area (TPSA) is 76.0 Å². The molecule has 4 aliphatic rings. The van der Waals surface area contributed by atoms with Crippen LogP contribution in [-0.2, 0) is 14.3 Å². The molecule has 5 nitrogen and oxygen atoms in total. The molecule has 0 radical (unpaired) electrons. The second-order valence-electron chi connectivity index (χ2n) is 7.17. The first-order chi connectivity index (χ1) is 12.3. The number of allylic oxidation sites excluding steroid dienone is 4. The van der Waals surface area contributed by atoms with E-state index in [1.54, 1.807) is 0 Å². The number of carbonyl (C=O) groups excluding carboxylic acids is 1. The smallest absolute Gasteiger partial charge is 0.143 e. The van der Waals surface area contributed by atoms with Gasteiger partial charge in [0.15, 0.2) is 0 Å². The van der Waals surface area contributed by atoms with Gasteiger partial charge >= 0.3 is 0 Å². The first-order valence-corrected chi connectivity index (χ1v) is 9.46. The Labute approximate surface area is 150 Å². The summed E-state index contributed by atoms with van der Waals surface area (Å²) in [6.45, 7) is 0.869. The molecule has 0 spiro atoms. The Bertz CT molecular complexity index is 416. The van der Waals surface area contributed by atoms with Crippen molar-refractivity contribution in [3.05, 3.63) is 24.3 Å². The van der Waals surface area contributed by atoms with Gasteiger partial charge in [0.05, 0.1) is 26.4 Å². The monoisotopic (exact) mass is 352 g/mol. The molecule has 0 saturated heterocycles. The number of aliphatic hydroxyl groups excluding tert-OH is 2. The van der Waals surface area contributed by atoms with Gasteiger partial charge in [-0.1, -0.05) is 24.3 Å². The maximum Gasteiger partial charge on any atom is 0.143 e. The molecule has 0 aromatic heterocycles. The van der Waals surface area contributed by atoms with Crippen LogP contribution in [-0.4, -0.2) is 49.7 Å². The molecule has 0 amide bonds. The highest BCUT2D eigenvalue weighted by molar-refractivity contribution is 5.56. The van der Waals surface area contributed by atoms with E-state index >= 15 is 0 Å². The molecule has 4 rings (SSSR count). The normalized spacial score (nSPS) is 33.0. The van der Waals surface area contributed by atoms with Crippen molar-refractivity contribution in [2.45, 2.75) is 32.1 Å². The van der Waals surface area contributed by atoms with E-state index < -0.39 is 0 Å². The van der Waals surface area contributed by atoms with Crippen LogP contribution >= 0.6 is 0 Å². The third-order valence-electron chi connectivity index (χ3n) is 5.37. The summed E-state index contributed by atoms with van der Waals surface area (Å²) in [5.74, 6) is 3.69. The van der Waals surface area contributed by atoms with Crippen LogP contribution in [0.15, 0.2) is 24.3 Å². The van der Waals surface area contributed by atoms with Gasteiger partial charge in [0, 0.05) is 5.92 Å². The second kappa shape index (κ2) is 11.6. The molecule has 5 unspecified atom stereocenters. The van der Waals surface area contributed by atoms with E-state index in [0.29, 0.717) is 31.7 Å². The van der Waals surface area contributed by atoms with Crippen LogP contribution in [0, 0.1) is 29.6 Å². The molecule has 0 heterocycles. The van der Waals surface area contributed by atoms with E-state index in [1.165, 1.54) is 25.7 Å². The average Bonchev–Trinajstić information content (AvgIpc) is 3.44. The molecular formula is C20H32O5. The van der Waals surface area contributed by atoms with Gasteiger partial charge in [0.1, 0.15) is 13.1 Å². The Hall–Kier alpha value is -1.01. The SMILES string of the molecule is C1=CC2CCC1C2.O=CC1CC2C=CC1C2.OCCOCCOCO. The molecule has 5 atom stereocenters. The molecule has 0 aromatic rings. The third-order valence-corrected chi connectivity index (χ3v) is 5.37. The number of aldehydes is 1. The van der Waals surface area contributed by atoms with E-state index in [0.717, 1.165) is 30.5 Å². The van der Waals surface area contributed by atoms with Gasteiger partial charge in [-0.2, -0.15) is 0 Å². The number of fused-ring (bicyclic) bond motifs is 4. The number of carbonyl (C=O) groups is 1. The molecule has 0 aliphatic heterocycles. The number of hydrogen-bond donors (Lipinski definition) is 2. The lowest BCUT2D eigenvalue weighted by molar-refractivity contribution is -0.111. The van der Waals surface area contributed by atoms with Gasteiger partial charge < -0.3 is 24.5 Å². The summed E-state index contributed by atoms with van der Waals surface area (Å²) in [7, 11) is 0. The summed E-state index contributed by atoms with van der Waals surface area (Å²) < 4.78 is 9.33. The van der Waals surface area contributed by atoms with Crippen molar-refractivity contribution in [3.8, 4) is 0 Å². The average molecular weight is 352 g/mol. The lowest BCUT2D eigenvalue weighted by Crippen LogP contribution is -2.07. The van der Waals surface area contributed by atoms with E-state index in [9.17, 15) is 4.79 Å². The molecule has 25 heavy (non-hydrogen) atoms. The molecule has 4 aliphatic carbocycles. The predicted molar refractivity (Wildman–Crippen MR) is 95.8 cm³/mol. The van der Waals surface area contributed by atoms with Crippen molar-refractivity contribution < 1.29 is 24.5 Å². The van der Waals surface area contributed by atoms with Crippen LogP contribution in [0.4, 0.5) is 0 Å². The maximum absolute atomic E-state index is 10.4. The molecule has 142 valence electrons. The third kappa shape index (κ3) is 7.02. The van der Waals surface area contributed by atoms with Crippen molar-refractivity contribution >= 4 is 6.29 Å². The Morgan fingerprint density at radius 1 is 0.840 bits per heavy atom. The van der Waals surface area contributed by atoms with Crippen molar-refractivity contribution in [1.82, 2.24) is 0 Å². The predicted octanol–water partition coefficient (Wildman–Crippen LogP) is 2.33. The highest BCUT2D eigenvalue weighted by Crippen LogP contribution is 2.42. The van der Waals surface area contributed by atoms with E-state index in [2.05, 4.69) is 29.0 Å². The summed E-state index contributed by atoms with van der Waals surface area (Å²) in [6.07, 6.45) is 17.1. The Kier molecular flexibility index (Phi) is 9.40. The molecule has 4 bridgehead atoms. The van der Waals surface area contributed by atoms with Crippen LogP contribution in [0.3, 0.4) is 0 Å². The summed E-state index contributed by atoms with van der Waals surface area (Å²) in [5.41, 5.74) is 0. The number of rotatable bonds is 7. The van der Waals surface area contributed by atoms with Crippen molar-refractivity contribution in [2.24, 2.45) is 29.6 Å². The molecular weight excluding hydrogens is 320 g/mol. The zero-order valence-electron chi connectivity index (χ0n) is 15.0. The first kappa shape index (κ1) is 20.3. The van der Waals surface area contributed by atoms with Crippen LogP contribution in [0.2, 0.25) is 0 Å². The van der Waals surface area contributed by atoms with Crippen molar-refractivity contribution in [3.63, 3.8) is 0 Å². The van der Waals surface area contributed by atoms with Crippen LogP contribution < -0.4 is 0 Å². The van der Waals surface area contributed by atoms with Gasteiger partial charge in [-0.3, -0.25) is 0 Å². The molecule has 2 N–H and O–H groups in total. The van der Waals surface area contributed by atoms with E-state index in [1.807, 2.05) is 0 Å². The molecule has 0 aromatic carbocycles. The fourth-order valence-electron chi connectivity index (χ4n) is 4.05. The molecule has 5 heteroatoms. The molecule has 2 fully saturated rings. The van der Waals surface area contributed by atoms with Gasteiger partial charge in [-0.05, 0) is 55.8 Å². The van der Waals surface area contributed by atoms with Crippen LogP contribution in [0.5, 0.6) is 0 Å². The number of aliphatic hydroxyl groups is 2. The van der Waals surface area contributed by atoms with Gasteiger partial charge in [0.2, 0.25) is 0 Å². The van der Waals surface area contributed by atoms with Crippen LogP contribution in [0.1, 0.15) is 32.1 Å². The minimum atomic E-state index is -0.275. The summed E-state index contributed by atoms with van der Waals surface area (Å²) in [4.78, 5) is 10.4. The fraction of sp³-hybridized carbons (Fsp3) is 0.750. The first-order valence-electron chi connectivity index (χ1n) is 9.46. The van der Waals surface area contributed by atoms with Crippen molar-refractivity contribution in [2.75, 3.05) is 33.2 Å². The van der Waals surface area contributed by atoms with Crippen LogP contribution in [0.25, 0.3) is 0 Å². The zero-order chi connectivity index (χ0) is 17.9. The Balaban J connectivity index is 0.000000136. The largest absolute Gasteiger partial charge is 0.394 e. The zero-order valence-corrected chi connectivity index (χ0v) is 15.0. The maximum atomic E-state index is 10.4. The quantitative estimate of drug-likeness (QED) is 0.318. The lowest BCUT2D eigenvalue weighted by Gasteiger charge is -2.08. The Morgan fingerprint density at radius 2 is 1.52 bits per heavy atom. The highest BCUT2D eigenvalue weighted by Gasteiger charge is 2.34. The van der Waals surface area contributed by atoms with Gasteiger partial charge in [-0.25, -0.2) is 0 Å². The van der Waals surface area contributed by atoms with E-state index in [4.69, 9.17) is 14.9 Å². The summed E-state index contributed by atoms with van der Waals surface area (Å²) >= 11 is 0. The fourth-order valence-corrected chi connectivity index (χ4v) is 4.05. The summed E-state index contributed by atoms with van der Waals surface area (Å²) in [5, 5.41) is 16.3. The van der Waals surface area contributed by atoms with Gasteiger partial charge in [0.25, 0.3) is 0 Å². The summed E-state index contributed by atoms with van der Waals surface area (Å²) in [6, 6.07) is 0. The minimum absolute atomic E-state index is 0.0269. The highest BCUT2D eigenvalue weighted by atomic mass is 16.6. The van der Waals surface area contributed by atoms with E-state index in [-0.39, 0.29) is 13.4 Å². The Morgan fingerprint density at radius 3 is 1.88 bits per heavy atom. The second-order valence-corrected chi connectivity index (χ2v) is 7.17.